The highest BCUT2D eigenvalue weighted by atomic mass is 16.5. The van der Waals surface area contributed by atoms with Crippen molar-refractivity contribution in [3.8, 4) is 5.75 Å². The standard InChI is InChI=1S/C22H24N2O3/c1-4-14-24-21(25)19(17-8-6-7-9-18(17)27-3)20(22(24)26)23-16-12-10-15(5-2)11-13-16/h6-13,23H,4-5,14H2,1-3H3. The van der Waals surface area contributed by atoms with Crippen molar-refractivity contribution < 1.29 is 14.3 Å². The summed E-state index contributed by atoms with van der Waals surface area (Å²) in [4.78, 5) is 27.3. The second-order valence-corrected chi connectivity index (χ2v) is 6.39. The molecule has 0 bridgehead atoms. The van der Waals surface area contributed by atoms with Crippen LogP contribution in [0.4, 0.5) is 5.69 Å². The van der Waals surface area contributed by atoms with Crippen molar-refractivity contribution >= 4 is 23.1 Å². The maximum atomic E-state index is 13.0. The number of nitrogens with zero attached hydrogens (tertiary/aromatic N) is 1. The van der Waals surface area contributed by atoms with Crippen molar-refractivity contribution in [2.75, 3.05) is 19.0 Å². The number of hydrogen-bond donors (Lipinski definition) is 1. The van der Waals surface area contributed by atoms with E-state index in [0.717, 1.165) is 12.1 Å². The Balaban J connectivity index is 2.08. The highest BCUT2D eigenvalue weighted by molar-refractivity contribution is 6.37. The van der Waals surface area contributed by atoms with Gasteiger partial charge in [-0.2, -0.15) is 0 Å². The molecule has 0 unspecified atom stereocenters. The molecule has 3 rings (SSSR count). The van der Waals surface area contributed by atoms with Crippen molar-refractivity contribution in [1.29, 1.82) is 0 Å². The fourth-order valence-corrected chi connectivity index (χ4v) is 3.19. The van der Waals surface area contributed by atoms with Crippen LogP contribution in [-0.2, 0) is 16.0 Å². The lowest BCUT2D eigenvalue weighted by atomic mass is 10.0. The van der Waals surface area contributed by atoms with E-state index in [0.29, 0.717) is 35.5 Å². The van der Waals surface area contributed by atoms with Gasteiger partial charge in [0.25, 0.3) is 11.8 Å². The number of methoxy groups -OCH3 is 1. The molecular weight excluding hydrogens is 340 g/mol. The van der Waals surface area contributed by atoms with E-state index in [1.165, 1.54) is 10.5 Å². The molecule has 27 heavy (non-hydrogen) atoms. The molecule has 0 saturated heterocycles. The van der Waals surface area contributed by atoms with Crippen LogP contribution < -0.4 is 10.1 Å². The predicted molar refractivity (Wildman–Crippen MR) is 106 cm³/mol. The van der Waals surface area contributed by atoms with E-state index in [9.17, 15) is 9.59 Å². The molecule has 1 aliphatic heterocycles. The van der Waals surface area contributed by atoms with E-state index in [1.54, 1.807) is 19.2 Å². The van der Waals surface area contributed by atoms with Gasteiger partial charge in [0.05, 0.1) is 12.7 Å². The van der Waals surface area contributed by atoms with Crippen LogP contribution in [-0.4, -0.2) is 30.4 Å². The number of imide groups is 1. The van der Waals surface area contributed by atoms with Crippen LogP contribution in [0.1, 0.15) is 31.4 Å². The Morgan fingerprint density at radius 3 is 2.30 bits per heavy atom. The first-order valence-electron chi connectivity index (χ1n) is 9.20. The fourth-order valence-electron chi connectivity index (χ4n) is 3.19. The zero-order chi connectivity index (χ0) is 19.4. The highest BCUT2D eigenvalue weighted by Crippen LogP contribution is 2.35. The summed E-state index contributed by atoms with van der Waals surface area (Å²) in [7, 11) is 1.56. The average molecular weight is 364 g/mol. The Labute approximate surface area is 159 Å². The van der Waals surface area contributed by atoms with Gasteiger partial charge < -0.3 is 10.1 Å². The Hall–Kier alpha value is -3.08. The summed E-state index contributed by atoms with van der Waals surface area (Å²) in [5, 5.41) is 3.17. The van der Waals surface area contributed by atoms with Crippen LogP contribution in [0.2, 0.25) is 0 Å². The third kappa shape index (κ3) is 3.58. The van der Waals surface area contributed by atoms with E-state index in [-0.39, 0.29) is 11.8 Å². The first kappa shape index (κ1) is 18.7. The molecule has 0 spiro atoms. The molecule has 5 heteroatoms. The van der Waals surface area contributed by atoms with Crippen LogP contribution in [0.5, 0.6) is 5.75 Å². The van der Waals surface area contributed by atoms with Gasteiger partial charge in [-0.25, -0.2) is 0 Å². The minimum Gasteiger partial charge on any atom is -0.496 e. The molecule has 0 atom stereocenters. The number of ether oxygens (including phenoxy) is 1. The van der Waals surface area contributed by atoms with Gasteiger partial charge in [0, 0.05) is 17.8 Å². The lowest BCUT2D eigenvalue weighted by Crippen LogP contribution is -2.33. The number of carbonyl (C=O) groups is 2. The van der Waals surface area contributed by atoms with Gasteiger partial charge >= 0.3 is 0 Å². The number of anilines is 1. The summed E-state index contributed by atoms with van der Waals surface area (Å²) >= 11 is 0. The fraction of sp³-hybridized carbons (Fsp3) is 0.273. The number of amides is 2. The van der Waals surface area contributed by atoms with E-state index in [1.807, 2.05) is 43.3 Å². The van der Waals surface area contributed by atoms with Crippen molar-refractivity contribution in [3.05, 3.63) is 65.4 Å². The number of rotatable bonds is 7. The third-order valence-corrected chi connectivity index (χ3v) is 4.62. The summed E-state index contributed by atoms with van der Waals surface area (Å²) in [6, 6.07) is 15.1. The zero-order valence-electron chi connectivity index (χ0n) is 15.9. The SMILES string of the molecule is CCCN1C(=O)C(Nc2ccc(CC)cc2)=C(c2ccccc2OC)C1=O. The van der Waals surface area contributed by atoms with Gasteiger partial charge in [-0.1, -0.05) is 44.2 Å². The molecule has 2 aromatic rings. The van der Waals surface area contributed by atoms with Gasteiger partial charge in [0.1, 0.15) is 11.4 Å². The number of aryl methyl sites for hydroxylation is 1. The number of carbonyl (C=O) groups excluding carboxylic acids is 2. The van der Waals surface area contributed by atoms with Crippen LogP contribution in [0.3, 0.4) is 0 Å². The molecular formula is C22H24N2O3. The molecule has 0 fully saturated rings. The smallest absolute Gasteiger partial charge is 0.278 e. The summed E-state index contributed by atoms with van der Waals surface area (Å²) in [5.41, 5.74) is 3.24. The average Bonchev–Trinajstić information content (AvgIpc) is 2.93. The van der Waals surface area contributed by atoms with Crippen molar-refractivity contribution in [2.45, 2.75) is 26.7 Å². The van der Waals surface area contributed by atoms with E-state index in [2.05, 4.69) is 12.2 Å². The molecule has 2 aromatic carbocycles. The first-order valence-corrected chi connectivity index (χ1v) is 9.20. The highest BCUT2D eigenvalue weighted by Gasteiger charge is 2.39. The van der Waals surface area contributed by atoms with E-state index < -0.39 is 0 Å². The molecule has 0 aliphatic carbocycles. The number of para-hydroxylation sites is 1. The number of benzene rings is 2. The molecule has 0 radical (unpaired) electrons. The number of hydrogen-bond acceptors (Lipinski definition) is 4. The van der Waals surface area contributed by atoms with Gasteiger partial charge in [-0.15, -0.1) is 0 Å². The molecule has 140 valence electrons. The van der Waals surface area contributed by atoms with Crippen molar-refractivity contribution in [2.24, 2.45) is 0 Å². The van der Waals surface area contributed by atoms with Crippen LogP contribution in [0.25, 0.3) is 5.57 Å². The van der Waals surface area contributed by atoms with Gasteiger partial charge in [0.2, 0.25) is 0 Å². The van der Waals surface area contributed by atoms with Gasteiger partial charge in [-0.3, -0.25) is 14.5 Å². The topological polar surface area (TPSA) is 58.6 Å². The second-order valence-electron chi connectivity index (χ2n) is 6.39. The van der Waals surface area contributed by atoms with Crippen molar-refractivity contribution in [1.82, 2.24) is 4.90 Å². The zero-order valence-corrected chi connectivity index (χ0v) is 15.9. The minimum absolute atomic E-state index is 0.293. The Morgan fingerprint density at radius 1 is 0.963 bits per heavy atom. The monoisotopic (exact) mass is 364 g/mol. The predicted octanol–water partition coefficient (Wildman–Crippen LogP) is 3.86. The number of nitrogens with one attached hydrogen (secondary N) is 1. The van der Waals surface area contributed by atoms with Crippen LogP contribution >= 0.6 is 0 Å². The van der Waals surface area contributed by atoms with E-state index in [4.69, 9.17) is 4.74 Å². The summed E-state index contributed by atoms with van der Waals surface area (Å²) < 4.78 is 5.42. The van der Waals surface area contributed by atoms with Crippen LogP contribution in [0.15, 0.2) is 54.2 Å². The largest absolute Gasteiger partial charge is 0.496 e. The Morgan fingerprint density at radius 2 is 1.67 bits per heavy atom. The van der Waals surface area contributed by atoms with Gasteiger partial charge in [-0.05, 0) is 36.6 Å². The molecule has 2 amide bonds. The molecule has 0 aromatic heterocycles. The third-order valence-electron chi connectivity index (χ3n) is 4.62. The normalized spacial score (nSPS) is 14.1. The summed E-state index contributed by atoms with van der Waals surface area (Å²) in [6.45, 7) is 4.42. The first-order chi connectivity index (χ1) is 13.1. The van der Waals surface area contributed by atoms with Crippen LogP contribution in [0, 0.1) is 0 Å². The molecule has 1 aliphatic rings. The molecule has 1 heterocycles. The summed E-state index contributed by atoms with van der Waals surface area (Å²) in [5.74, 6) is -0.0334. The maximum Gasteiger partial charge on any atom is 0.278 e. The Kier molecular flexibility index (Phi) is 5.60. The quantitative estimate of drug-likeness (QED) is 0.758. The van der Waals surface area contributed by atoms with E-state index >= 15 is 0 Å². The lowest BCUT2D eigenvalue weighted by molar-refractivity contribution is -0.136. The summed E-state index contributed by atoms with van der Waals surface area (Å²) in [6.07, 6.45) is 1.65. The second kappa shape index (κ2) is 8.08. The molecule has 5 nitrogen and oxygen atoms in total. The van der Waals surface area contributed by atoms with Crippen molar-refractivity contribution in [3.63, 3.8) is 0 Å². The van der Waals surface area contributed by atoms with Gasteiger partial charge in [0.15, 0.2) is 0 Å². The lowest BCUT2D eigenvalue weighted by Gasteiger charge is -2.14. The maximum absolute atomic E-state index is 13.0. The molecule has 1 N–H and O–H groups in total. The minimum atomic E-state index is -0.303. The Bertz CT molecular complexity index is 885. The molecule has 0 saturated carbocycles.